The molecule has 0 fully saturated rings. The van der Waals surface area contributed by atoms with Crippen molar-refractivity contribution in [1.29, 1.82) is 0 Å². The Hall–Kier alpha value is -1.86. The number of ether oxygens (including phenoxy) is 3. The van der Waals surface area contributed by atoms with Crippen molar-refractivity contribution < 1.29 is 14.2 Å². The van der Waals surface area contributed by atoms with Gasteiger partial charge in [0, 0.05) is 46.2 Å². The fraction of sp³-hybridized carbons (Fsp3) is 0.647. The number of pyridine rings is 1. The normalized spacial score (nSPS) is 11.3. The molecule has 0 bridgehead atoms. The number of methoxy groups -OCH3 is 1. The van der Waals surface area contributed by atoms with Crippen LogP contribution < -0.4 is 15.4 Å². The largest absolute Gasteiger partial charge is 0.490 e. The average molecular weight is 338 g/mol. The molecular formula is C17H30N4O3. The summed E-state index contributed by atoms with van der Waals surface area (Å²) in [6, 6.07) is 3.74. The monoisotopic (exact) mass is 338 g/mol. The first-order chi connectivity index (χ1) is 11.9. The molecule has 0 spiro atoms. The summed E-state index contributed by atoms with van der Waals surface area (Å²) in [7, 11) is 1.70. The second-order valence-corrected chi connectivity index (χ2v) is 5.02. The topological polar surface area (TPSA) is 77.0 Å². The molecule has 0 radical (unpaired) electrons. The number of nitrogens with zero attached hydrogens (tertiary/aromatic N) is 2. The van der Waals surface area contributed by atoms with E-state index in [1.165, 1.54) is 0 Å². The molecule has 0 amide bonds. The van der Waals surface area contributed by atoms with E-state index in [2.05, 4.69) is 20.6 Å². The lowest BCUT2D eigenvalue weighted by Gasteiger charge is -2.13. The van der Waals surface area contributed by atoms with Gasteiger partial charge in [0.25, 0.3) is 0 Å². The van der Waals surface area contributed by atoms with Crippen LogP contribution in [0.25, 0.3) is 0 Å². The lowest BCUT2D eigenvalue weighted by atomic mass is 10.4. The first-order valence-electron chi connectivity index (χ1n) is 8.48. The number of rotatable bonds is 13. The zero-order chi connectivity index (χ0) is 17.3. The Morgan fingerprint density at radius 1 is 1.17 bits per heavy atom. The van der Waals surface area contributed by atoms with Gasteiger partial charge >= 0.3 is 0 Å². The minimum absolute atomic E-state index is 0.545. The van der Waals surface area contributed by atoms with Crippen LogP contribution in [-0.2, 0) is 9.47 Å². The predicted octanol–water partition coefficient (Wildman–Crippen LogP) is 1.46. The molecule has 0 atom stereocenters. The third-order valence-electron chi connectivity index (χ3n) is 3.04. The van der Waals surface area contributed by atoms with Gasteiger partial charge in [-0.1, -0.05) is 0 Å². The van der Waals surface area contributed by atoms with Crippen LogP contribution in [0.2, 0.25) is 0 Å². The van der Waals surface area contributed by atoms with Gasteiger partial charge in [0.2, 0.25) is 0 Å². The van der Waals surface area contributed by atoms with Crippen molar-refractivity contribution >= 4 is 5.96 Å². The molecule has 7 heteroatoms. The summed E-state index contributed by atoms with van der Waals surface area (Å²) in [6.07, 6.45) is 5.26. The maximum Gasteiger partial charge on any atom is 0.191 e. The van der Waals surface area contributed by atoms with Gasteiger partial charge < -0.3 is 24.8 Å². The van der Waals surface area contributed by atoms with Gasteiger partial charge in [-0.2, -0.15) is 0 Å². The summed E-state index contributed by atoms with van der Waals surface area (Å²) in [4.78, 5) is 8.55. The molecule has 24 heavy (non-hydrogen) atoms. The molecule has 136 valence electrons. The Morgan fingerprint density at radius 2 is 2.04 bits per heavy atom. The highest BCUT2D eigenvalue weighted by Gasteiger charge is 1.99. The standard InChI is InChI=1S/C17H30N4O3/c1-3-23-13-6-10-20-17(19-9-5-12-22-2)21-11-14-24-16-7-4-8-18-15-16/h4,7-8,15H,3,5-6,9-14H2,1-2H3,(H2,19,20,21). The number of aliphatic imine (C=N–C) groups is 1. The quantitative estimate of drug-likeness (QED) is 0.322. The van der Waals surface area contributed by atoms with Crippen LogP contribution in [0.1, 0.15) is 19.8 Å². The summed E-state index contributed by atoms with van der Waals surface area (Å²) in [6.45, 7) is 6.97. The van der Waals surface area contributed by atoms with Gasteiger partial charge in [-0.3, -0.25) is 9.98 Å². The zero-order valence-corrected chi connectivity index (χ0v) is 14.8. The predicted molar refractivity (Wildman–Crippen MR) is 95.6 cm³/mol. The van der Waals surface area contributed by atoms with Crippen molar-refractivity contribution in [2.45, 2.75) is 19.8 Å². The van der Waals surface area contributed by atoms with E-state index in [1.54, 1.807) is 19.5 Å². The molecule has 7 nitrogen and oxygen atoms in total. The number of guanidine groups is 1. The summed E-state index contributed by atoms with van der Waals surface area (Å²) in [5.74, 6) is 1.56. The number of nitrogens with one attached hydrogen (secondary N) is 2. The molecule has 0 aliphatic carbocycles. The molecule has 1 aromatic heterocycles. The van der Waals surface area contributed by atoms with Gasteiger partial charge in [-0.25, -0.2) is 0 Å². The minimum atomic E-state index is 0.545. The third-order valence-corrected chi connectivity index (χ3v) is 3.04. The van der Waals surface area contributed by atoms with E-state index >= 15 is 0 Å². The van der Waals surface area contributed by atoms with Crippen LogP contribution >= 0.6 is 0 Å². The first kappa shape index (κ1) is 20.2. The highest BCUT2D eigenvalue weighted by molar-refractivity contribution is 5.79. The van der Waals surface area contributed by atoms with E-state index in [1.807, 2.05) is 19.1 Å². The average Bonchev–Trinajstić information content (AvgIpc) is 2.62. The van der Waals surface area contributed by atoms with Crippen molar-refractivity contribution in [1.82, 2.24) is 15.6 Å². The van der Waals surface area contributed by atoms with Crippen molar-refractivity contribution in [2.75, 3.05) is 53.2 Å². The Balaban J connectivity index is 2.25. The molecular weight excluding hydrogens is 308 g/mol. The lowest BCUT2D eigenvalue weighted by molar-refractivity contribution is 0.145. The van der Waals surface area contributed by atoms with Gasteiger partial charge in [-0.05, 0) is 31.9 Å². The summed E-state index contributed by atoms with van der Waals surface area (Å²) < 4.78 is 16.0. The smallest absolute Gasteiger partial charge is 0.191 e. The molecule has 1 rings (SSSR count). The van der Waals surface area contributed by atoms with Crippen LogP contribution in [-0.4, -0.2) is 64.1 Å². The fourth-order valence-corrected chi connectivity index (χ4v) is 1.87. The van der Waals surface area contributed by atoms with E-state index < -0.39 is 0 Å². The molecule has 0 aliphatic rings. The van der Waals surface area contributed by atoms with Crippen molar-refractivity contribution in [3.63, 3.8) is 0 Å². The van der Waals surface area contributed by atoms with Crippen molar-refractivity contribution in [3.8, 4) is 5.75 Å². The number of hydrogen-bond acceptors (Lipinski definition) is 5. The Labute approximate surface area is 144 Å². The van der Waals surface area contributed by atoms with E-state index in [-0.39, 0.29) is 0 Å². The number of aromatic nitrogens is 1. The Kier molecular flexibility index (Phi) is 12.4. The second kappa shape index (κ2) is 14.7. The molecule has 0 unspecified atom stereocenters. The zero-order valence-electron chi connectivity index (χ0n) is 14.8. The Bertz CT molecular complexity index is 429. The van der Waals surface area contributed by atoms with Gasteiger partial charge in [0.1, 0.15) is 12.4 Å². The maximum absolute atomic E-state index is 5.61. The molecule has 0 saturated heterocycles. The van der Waals surface area contributed by atoms with Gasteiger partial charge in [-0.15, -0.1) is 0 Å². The molecule has 0 aliphatic heterocycles. The SMILES string of the molecule is CCOCCCNC(=NCCCOC)NCCOc1cccnc1. The van der Waals surface area contributed by atoms with Crippen LogP contribution in [0.15, 0.2) is 29.5 Å². The molecule has 2 N–H and O–H groups in total. The minimum Gasteiger partial charge on any atom is -0.490 e. The van der Waals surface area contributed by atoms with Crippen LogP contribution in [0.4, 0.5) is 0 Å². The van der Waals surface area contributed by atoms with E-state index in [9.17, 15) is 0 Å². The highest BCUT2D eigenvalue weighted by atomic mass is 16.5. The highest BCUT2D eigenvalue weighted by Crippen LogP contribution is 2.04. The second-order valence-electron chi connectivity index (χ2n) is 5.02. The molecule has 0 aromatic carbocycles. The van der Waals surface area contributed by atoms with Gasteiger partial charge in [0.05, 0.1) is 12.7 Å². The number of hydrogen-bond donors (Lipinski definition) is 2. The lowest BCUT2D eigenvalue weighted by Crippen LogP contribution is -2.40. The van der Waals surface area contributed by atoms with Gasteiger partial charge in [0.15, 0.2) is 5.96 Å². The van der Waals surface area contributed by atoms with Crippen LogP contribution in [0.3, 0.4) is 0 Å². The van der Waals surface area contributed by atoms with E-state index in [0.29, 0.717) is 19.8 Å². The van der Waals surface area contributed by atoms with E-state index in [0.717, 1.165) is 50.9 Å². The van der Waals surface area contributed by atoms with Crippen molar-refractivity contribution in [2.24, 2.45) is 4.99 Å². The summed E-state index contributed by atoms with van der Waals surface area (Å²) in [5, 5.41) is 6.57. The first-order valence-corrected chi connectivity index (χ1v) is 8.48. The summed E-state index contributed by atoms with van der Waals surface area (Å²) in [5.41, 5.74) is 0. The Morgan fingerprint density at radius 3 is 2.79 bits per heavy atom. The molecule has 1 heterocycles. The third kappa shape index (κ3) is 10.8. The van der Waals surface area contributed by atoms with Crippen LogP contribution in [0.5, 0.6) is 5.75 Å². The molecule has 0 saturated carbocycles. The fourth-order valence-electron chi connectivity index (χ4n) is 1.87. The van der Waals surface area contributed by atoms with Crippen molar-refractivity contribution in [3.05, 3.63) is 24.5 Å². The summed E-state index contributed by atoms with van der Waals surface area (Å²) >= 11 is 0. The maximum atomic E-state index is 5.61. The molecule has 1 aromatic rings. The van der Waals surface area contributed by atoms with Crippen LogP contribution in [0, 0.1) is 0 Å². The van der Waals surface area contributed by atoms with E-state index in [4.69, 9.17) is 14.2 Å².